The van der Waals surface area contributed by atoms with E-state index in [-0.39, 0.29) is 5.91 Å². The van der Waals surface area contributed by atoms with Crippen LogP contribution in [0.2, 0.25) is 0 Å². The number of H-pyrrole nitrogens is 1. The van der Waals surface area contributed by atoms with E-state index < -0.39 is 0 Å². The van der Waals surface area contributed by atoms with Crippen molar-refractivity contribution < 1.29 is 4.79 Å². The van der Waals surface area contributed by atoms with Gasteiger partial charge in [0, 0.05) is 12.2 Å². The van der Waals surface area contributed by atoms with E-state index in [1.807, 2.05) is 6.92 Å². The molecule has 2 N–H and O–H groups in total. The highest BCUT2D eigenvalue weighted by Crippen LogP contribution is 2.01. The lowest BCUT2D eigenvalue weighted by atomic mass is 10.2. The molecule has 13 heavy (non-hydrogen) atoms. The van der Waals surface area contributed by atoms with Gasteiger partial charge in [0.25, 0.3) is 5.91 Å². The molecule has 0 saturated carbocycles. The van der Waals surface area contributed by atoms with Gasteiger partial charge in [0.05, 0.1) is 11.8 Å². The first kappa shape index (κ1) is 9.77. The molecule has 0 aliphatic heterocycles. The zero-order valence-electron chi connectivity index (χ0n) is 8.22. The van der Waals surface area contributed by atoms with Crippen LogP contribution in [0.25, 0.3) is 0 Å². The van der Waals surface area contributed by atoms with Crippen LogP contribution in [0.4, 0.5) is 0 Å². The van der Waals surface area contributed by atoms with Gasteiger partial charge in [0.2, 0.25) is 0 Å². The SMILES string of the molecule is Cc1[nH]ncc1C(=O)NCC(C)C. The fraction of sp³-hybridized carbons (Fsp3) is 0.556. The zero-order chi connectivity index (χ0) is 9.84. The molecule has 1 aromatic heterocycles. The van der Waals surface area contributed by atoms with Gasteiger partial charge in [-0.05, 0) is 12.8 Å². The topological polar surface area (TPSA) is 57.8 Å². The highest BCUT2D eigenvalue weighted by molar-refractivity contribution is 5.94. The van der Waals surface area contributed by atoms with E-state index in [2.05, 4.69) is 29.4 Å². The lowest BCUT2D eigenvalue weighted by molar-refractivity contribution is 0.0948. The molecular weight excluding hydrogens is 166 g/mol. The van der Waals surface area contributed by atoms with Crippen LogP contribution in [0.5, 0.6) is 0 Å². The van der Waals surface area contributed by atoms with E-state index in [1.165, 1.54) is 0 Å². The number of amides is 1. The number of nitrogens with one attached hydrogen (secondary N) is 2. The van der Waals surface area contributed by atoms with Crippen molar-refractivity contribution in [3.05, 3.63) is 17.5 Å². The molecule has 0 radical (unpaired) electrons. The molecule has 1 heterocycles. The average molecular weight is 181 g/mol. The van der Waals surface area contributed by atoms with Crippen LogP contribution in [0, 0.1) is 12.8 Å². The van der Waals surface area contributed by atoms with E-state index in [9.17, 15) is 4.79 Å². The van der Waals surface area contributed by atoms with Crippen molar-refractivity contribution in [3.63, 3.8) is 0 Å². The number of aryl methyl sites for hydroxylation is 1. The van der Waals surface area contributed by atoms with Crippen molar-refractivity contribution in [2.75, 3.05) is 6.54 Å². The second-order valence-electron chi connectivity index (χ2n) is 3.51. The van der Waals surface area contributed by atoms with E-state index in [1.54, 1.807) is 6.20 Å². The molecule has 0 saturated heterocycles. The Hall–Kier alpha value is -1.32. The lowest BCUT2D eigenvalue weighted by Gasteiger charge is -2.06. The third-order valence-electron chi connectivity index (χ3n) is 1.75. The summed E-state index contributed by atoms with van der Waals surface area (Å²) in [5.41, 5.74) is 1.43. The summed E-state index contributed by atoms with van der Waals surface area (Å²) in [5.74, 6) is 0.413. The first-order valence-corrected chi connectivity index (χ1v) is 4.39. The zero-order valence-corrected chi connectivity index (χ0v) is 8.22. The van der Waals surface area contributed by atoms with E-state index in [0.717, 1.165) is 5.69 Å². The molecule has 72 valence electrons. The maximum Gasteiger partial charge on any atom is 0.254 e. The summed E-state index contributed by atoms with van der Waals surface area (Å²) in [4.78, 5) is 11.5. The van der Waals surface area contributed by atoms with Gasteiger partial charge in [-0.2, -0.15) is 5.10 Å². The number of aromatic amines is 1. The molecule has 0 fully saturated rings. The molecule has 0 atom stereocenters. The predicted molar refractivity (Wildman–Crippen MR) is 50.5 cm³/mol. The molecule has 1 amide bonds. The van der Waals surface area contributed by atoms with Crippen molar-refractivity contribution in [1.29, 1.82) is 0 Å². The summed E-state index contributed by atoms with van der Waals surface area (Å²) in [6.45, 7) is 6.64. The molecule has 0 spiro atoms. The summed E-state index contributed by atoms with van der Waals surface area (Å²) in [7, 11) is 0. The monoisotopic (exact) mass is 181 g/mol. The van der Waals surface area contributed by atoms with Crippen molar-refractivity contribution >= 4 is 5.91 Å². The normalized spacial score (nSPS) is 10.5. The molecule has 1 aromatic rings. The summed E-state index contributed by atoms with van der Waals surface area (Å²) in [5, 5.41) is 9.34. The summed E-state index contributed by atoms with van der Waals surface area (Å²) in [6.07, 6.45) is 1.55. The Balaban J connectivity index is 2.54. The molecule has 0 aromatic carbocycles. The maximum atomic E-state index is 11.5. The van der Waals surface area contributed by atoms with Crippen molar-refractivity contribution in [3.8, 4) is 0 Å². The van der Waals surface area contributed by atoms with Crippen LogP contribution in [-0.2, 0) is 0 Å². The van der Waals surface area contributed by atoms with Crippen molar-refractivity contribution in [2.24, 2.45) is 5.92 Å². The molecule has 1 rings (SSSR count). The number of hydrogen-bond donors (Lipinski definition) is 2. The minimum atomic E-state index is -0.0556. The molecule has 0 unspecified atom stereocenters. The predicted octanol–water partition coefficient (Wildman–Crippen LogP) is 1.10. The molecule has 0 bridgehead atoms. The summed E-state index contributed by atoms with van der Waals surface area (Å²) in [6, 6.07) is 0. The van der Waals surface area contributed by atoms with Gasteiger partial charge >= 0.3 is 0 Å². The number of rotatable bonds is 3. The maximum absolute atomic E-state index is 11.5. The Labute approximate surface area is 77.7 Å². The number of carbonyl (C=O) groups excluding carboxylic acids is 1. The van der Waals surface area contributed by atoms with Crippen molar-refractivity contribution in [2.45, 2.75) is 20.8 Å². The first-order valence-electron chi connectivity index (χ1n) is 4.39. The second-order valence-corrected chi connectivity index (χ2v) is 3.51. The minimum Gasteiger partial charge on any atom is -0.352 e. The Bertz CT molecular complexity index is 291. The number of nitrogens with zero attached hydrogens (tertiary/aromatic N) is 1. The quantitative estimate of drug-likeness (QED) is 0.733. The van der Waals surface area contributed by atoms with Crippen LogP contribution >= 0.6 is 0 Å². The Kier molecular flexibility index (Phi) is 3.06. The minimum absolute atomic E-state index is 0.0556. The van der Waals surface area contributed by atoms with Crippen LogP contribution in [0.15, 0.2) is 6.20 Å². The van der Waals surface area contributed by atoms with E-state index in [0.29, 0.717) is 18.0 Å². The highest BCUT2D eigenvalue weighted by atomic mass is 16.1. The average Bonchev–Trinajstić information content (AvgIpc) is 2.47. The second kappa shape index (κ2) is 4.07. The number of hydrogen-bond acceptors (Lipinski definition) is 2. The standard InChI is InChI=1S/C9H15N3O/c1-6(2)4-10-9(13)8-5-11-12-7(8)3/h5-6H,4H2,1-3H3,(H,10,13)(H,11,12). The van der Waals surface area contributed by atoms with Crippen LogP contribution in [-0.4, -0.2) is 22.6 Å². The van der Waals surface area contributed by atoms with E-state index >= 15 is 0 Å². The molecule has 0 aliphatic rings. The van der Waals surface area contributed by atoms with Gasteiger partial charge in [-0.15, -0.1) is 0 Å². The van der Waals surface area contributed by atoms with Crippen LogP contribution in [0.1, 0.15) is 29.9 Å². The molecule has 4 heteroatoms. The lowest BCUT2D eigenvalue weighted by Crippen LogP contribution is -2.27. The van der Waals surface area contributed by atoms with E-state index in [4.69, 9.17) is 0 Å². The molecule has 4 nitrogen and oxygen atoms in total. The largest absolute Gasteiger partial charge is 0.352 e. The van der Waals surface area contributed by atoms with Gasteiger partial charge in [0.1, 0.15) is 0 Å². The smallest absolute Gasteiger partial charge is 0.254 e. The summed E-state index contributed by atoms with van der Waals surface area (Å²) < 4.78 is 0. The third-order valence-corrected chi connectivity index (χ3v) is 1.75. The fourth-order valence-electron chi connectivity index (χ4n) is 0.972. The van der Waals surface area contributed by atoms with Gasteiger partial charge in [-0.25, -0.2) is 0 Å². The Morgan fingerprint density at radius 1 is 1.69 bits per heavy atom. The fourth-order valence-corrected chi connectivity index (χ4v) is 0.972. The first-order chi connectivity index (χ1) is 6.11. The van der Waals surface area contributed by atoms with Crippen LogP contribution in [0.3, 0.4) is 0 Å². The highest BCUT2D eigenvalue weighted by Gasteiger charge is 2.09. The molecule has 0 aliphatic carbocycles. The Morgan fingerprint density at radius 2 is 2.38 bits per heavy atom. The molecular formula is C9H15N3O. The number of aromatic nitrogens is 2. The van der Waals surface area contributed by atoms with Crippen LogP contribution < -0.4 is 5.32 Å². The number of carbonyl (C=O) groups is 1. The summed E-state index contributed by atoms with van der Waals surface area (Å²) >= 11 is 0. The third kappa shape index (κ3) is 2.57. The van der Waals surface area contributed by atoms with Crippen molar-refractivity contribution in [1.82, 2.24) is 15.5 Å². The van der Waals surface area contributed by atoms with Gasteiger partial charge in [-0.1, -0.05) is 13.8 Å². The van der Waals surface area contributed by atoms with Gasteiger partial charge in [0.15, 0.2) is 0 Å². The Morgan fingerprint density at radius 3 is 2.85 bits per heavy atom. The van der Waals surface area contributed by atoms with Gasteiger partial charge < -0.3 is 5.32 Å². The van der Waals surface area contributed by atoms with Gasteiger partial charge in [-0.3, -0.25) is 9.89 Å².